The fraction of sp³-hybridized carbons (Fsp3) is 0.190. The predicted octanol–water partition coefficient (Wildman–Crippen LogP) is 6.23. The first kappa shape index (κ1) is 18.0. The Kier molecular flexibility index (Phi) is 4.48. The Morgan fingerprint density at radius 1 is 1.15 bits per heavy atom. The van der Waals surface area contributed by atoms with E-state index in [-0.39, 0.29) is 11.1 Å². The summed E-state index contributed by atoms with van der Waals surface area (Å²) >= 11 is 0. The molecule has 3 rings (SSSR count). The number of alkyl halides is 2. The maximum Gasteiger partial charge on any atom is 0.271 e. The van der Waals surface area contributed by atoms with Crippen molar-refractivity contribution in [1.29, 1.82) is 0 Å². The van der Waals surface area contributed by atoms with Crippen LogP contribution in [0.5, 0.6) is 0 Å². The van der Waals surface area contributed by atoms with Crippen LogP contribution in [0.1, 0.15) is 25.0 Å². The first-order chi connectivity index (χ1) is 12.2. The first-order valence-corrected chi connectivity index (χ1v) is 8.17. The van der Waals surface area contributed by atoms with Gasteiger partial charge >= 0.3 is 0 Å². The number of fused-ring (bicyclic) bond motifs is 1. The van der Waals surface area contributed by atoms with E-state index in [4.69, 9.17) is 0 Å². The number of anilines is 1. The summed E-state index contributed by atoms with van der Waals surface area (Å²) < 4.78 is 42.8. The molecule has 0 saturated carbocycles. The number of benzene rings is 2. The maximum atomic E-state index is 14.7. The van der Waals surface area contributed by atoms with E-state index in [2.05, 4.69) is 16.9 Å². The van der Waals surface area contributed by atoms with Crippen LogP contribution in [-0.2, 0) is 5.92 Å². The Balaban J connectivity index is 2.26. The monoisotopic (exact) mass is 356 g/mol. The zero-order chi connectivity index (χ0) is 19.1. The Hall–Kier alpha value is -2.82. The summed E-state index contributed by atoms with van der Waals surface area (Å²) in [5.74, 6) is -3.57. The topological polar surface area (TPSA) is 24.9 Å². The van der Waals surface area contributed by atoms with Gasteiger partial charge in [0.2, 0.25) is 0 Å². The van der Waals surface area contributed by atoms with Crippen LogP contribution in [0.15, 0.2) is 49.2 Å². The molecule has 0 atom stereocenters. The summed E-state index contributed by atoms with van der Waals surface area (Å²) in [6, 6.07) is 9.28. The highest BCUT2D eigenvalue weighted by atomic mass is 19.3. The second-order valence-corrected chi connectivity index (χ2v) is 6.39. The van der Waals surface area contributed by atoms with Gasteiger partial charge in [-0.1, -0.05) is 24.3 Å². The van der Waals surface area contributed by atoms with Gasteiger partial charge in [0.15, 0.2) is 0 Å². The molecule has 0 amide bonds. The Morgan fingerprint density at radius 2 is 1.88 bits per heavy atom. The van der Waals surface area contributed by atoms with Gasteiger partial charge in [-0.25, -0.2) is 13.2 Å². The van der Waals surface area contributed by atoms with Crippen molar-refractivity contribution in [1.82, 2.24) is 4.98 Å². The van der Waals surface area contributed by atoms with Gasteiger partial charge in [-0.2, -0.15) is 0 Å². The predicted molar refractivity (Wildman–Crippen MR) is 101 cm³/mol. The zero-order valence-corrected chi connectivity index (χ0v) is 14.8. The summed E-state index contributed by atoms with van der Waals surface area (Å²) in [6.45, 7) is 6.26. The highest BCUT2D eigenvalue weighted by Gasteiger charge is 2.28. The summed E-state index contributed by atoms with van der Waals surface area (Å²) in [7, 11) is 1.76. The van der Waals surface area contributed by atoms with Crippen LogP contribution in [0.25, 0.3) is 27.6 Å². The summed E-state index contributed by atoms with van der Waals surface area (Å²) in [4.78, 5) is 4.17. The van der Waals surface area contributed by atoms with E-state index >= 15 is 0 Å². The van der Waals surface area contributed by atoms with Gasteiger partial charge in [0.25, 0.3) is 5.92 Å². The van der Waals surface area contributed by atoms with Crippen LogP contribution in [0.2, 0.25) is 0 Å². The lowest BCUT2D eigenvalue weighted by atomic mass is 9.92. The third-order valence-electron chi connectivity index (χ3n) is 4.36. The molecule has 0 saturated heterocycles. The number of halogens is 3. The van der Waals surface area contributed by atoms with Gasteiger partial charge in [-0.05, 0) is 36.2 Å². The minimum Gasteiger partial charge on any atom is -0.388 e. The van der Waals surface area contributed by atoms with Crippen LogP contribution in [0, 0.1) is 5.82 Å². The molecule has 0 bridgehead atoms. The SMILES string of the molecule is C=C(C)c1ccc(-c2cc3c(NC)ccnc3cc2F)cc1C(C)(F)F. The fourth-order valence-electron chi connectivity index (χ4n) is 3.05. The standard InChI is InChI=1S/C21H19F3N2/c1-12(2)14-6-5-13(9-17(14)21(3,23)24)15-10-16-19(25-4)7-8-26-20(16)11-18(15)22/h5-11H,1H2,2-4H3,(H,25,26). The number of nitrogens with zero attached hydrogens (tertiary/aromatic N) is 1. The molecule has 0 fully saturated rings. The number of hydrogen-bond acceptors (Lipinski definition) is 2. The second kappa shape index (κ2) is 6.48. The van der Waals surface area contributed by atoms with E-state index in [1.165, 1.54) is 12.1 Å². The molecule has 1 heterocycles. The lowest BCUT2D eigenvalue weighted by Crippen LogP contribution is -2.10. The molecule has 2 aromatic carbocycles. The third kappa shape index (κ3) is 3.17. The van der Waals surface area contributed by atoms with Crippen molar-refractivity contribution in [3.8, 4) is 11.1 Å². The Bertz CT molecular complexity index is 1000. The lowest BCUT2D eigenvalue weighted by Gasteiger charge is -2.18. The maximum absolute atomic E-state index is 14.7. The van der Waals surface area contributed by atoms with Gasteiger partial charge < -0.3 is 5.32 Å². The van der Waals surface area contributed by atoms with E-state index in [1.54, 1.807) is 44.4 Å². The molecule has 1 aromatic heterocycles. The largest absolute Gasteiger partial charge is 0.388 e. The summed E-state index contributed by atoms with van der Waals surface area (Å²) in [6.07, 6.45) is 1.59. The molecular weight excluding hydrogens is 337 g/mol. The quantitative estimate of drug-likeness (QED) is 0.599. The molecule has 1 N–H and O–H groups in total. The number of aromatic nitrogens is 1. The average Bonchev–Trinajstić information content (AvgIpc) is 2.59. The van der Waals surface area contributed by atoms with E-state index in [1.807, 2.05) is 0 Å². The molecule has 0 unspecified atom stereocenters. The van der Waals surface area contributed by atoms with Crippen LogP contribution in [0.3, 0.4) is 0 Å². The van der Waals surface area contributed by atoms with Crippen molar-refractivity contribution in [2.45, 2.75) is 19.8 Å². The van der Waals surface area contributed by atoms with Crippen molar-refractivity contribution in [2.75, 3.05) is 12.4 Å². The van der Waals surface area contributed by atoms with Crippen molar-refractivity contribution in [2.24, 2.45) is 0 Å². The van der Waals surface area contributed by atoms with Crippen LogP contribution >= 0.6 is 0 Å². The highest BCUT2D eigenvalue weighted by Crippen LogP contribution is 2.37. The number of rotatable bonds is 4. The number of hydrogen-bond donors (Lipinski definition) is 1. The number of allylic oxidation sites excluding steroid dienone is 1. The molecule has 0 aliphatic rings. The molecular formula is C21H19F3N2. The zero-order valence-electron chi connectivity index (χ0n) is 14.8. The summed E-state index contributed by atoms with van der Waals surface area (Å²) in [5.41, 5.74) is 2.67. The molecule has 3 aromatic rings. The molecule has 0 aliphatic carbocycles. The molecule has 134 valence electrons. The van der Waals surface area contributed by atoms with E-state index in [0.717, 1.165) is 18.0 Å². The van der Waals surface area contributed by atoms with E-state index in [9.17, 15) is 13.2 Å². The van der Waals surface area contributed by atoms with Gasteiger partial charge in [-0.3, -0.25) is 4.98 Å². The smallest absolute Gasteiger partial charge is 0.271 e. The van der Waals surface area contributed by atoms with Gasteiger partial charge in [0, 0.05) is 48.4 Å². The fourth-order valence-corrected chi connectivity index (χ4v) is 3.05. The van der Waals surface area contributed by atoms with Gasteiger partial charge in [0.05, 0.1) is 5.52 Å². The van der Waals surface area contributed by atoms with E-state index in [0.29, 0.717) is 22.2 Å². The minimum atomic E-state index is -3.06. The van der Waals surface area contributed by atoms with Crippen molar-refractivity contribution >= 4 is 22.2 Å². The second-order valence-electron chi connectivity index (χ2n) is 6.39. The number of nitrogens with one attached hydrogen (secondary N) is 1. The minimum absolute atomic E-state index is 0.165. The molecule has 0 aliphatic heterocycles. The van der Waals surface area contributed by atoms with Gasteiger partial charge in [0.1, 0.15) is 5.82 Å². The molecule has 0 spiro atoms. The third-order valence-corrected chi connectivity index (χ3v) is 4.36. The van der Waals surface area contributed by atoms with Gasteiger partial charge in [-0.15, -0.1) is 0 Å². The normalized spacial score (nSPS) is 11.6. The van der Waals surface area contributed by atoms with E-state index < -0.39 is 11.7 Å². The average molecular weight is 356 g/mol. The Labute approximate surface area is 150 Å². The van der Waals surface area contributed by atoms with Crippen LogP contribution in [0.4, 0.5) is 18.9 Å². The Morgan fingerprint density at radius 3 is 2.50 bits per heavy atom. The lowest BCUT2D eigenvalue weighted by molar-refractivity contribution is 0.0172. The van der Waals surface area contributed by atoms with Crippen LogP contribution < -0.4 is 5.32 Å². The molecule has 26 heavy (non-hydrogen) atoms. The molecule has 5 heteroatoms. The van der Waals surface area contributed by atoms with Crippen molar-refractivity contribution in [3.05, 3.63) is 66.1 Å². The van der Waals surface area contributed by atoms with Crippen molar-refractivity contribution in [3.63, 3.8) is 0 Å². The highest BCUT2D eigenvalue weighted by molar-refractivity contribution is 5.94. The summed E-state index contributed by atoms with van der Waals surface area (Å²) in [5, 5.41) is 3.76. The van der Waals surface area contributed by atoms with Crippen molar-refractivity contribution < 1.29 is 13.2 Å². The number of pyridine rings is 1. The van der Waals surface area contributed by atoms with Crippen LogP contribution in [-0.4, -0.2) is 12.0 Å². The molecule has 0 radical (unpaired) electrons. The first-order valence-electron chi connectivity index (χ1n) is 8.17. The molecule has 2 nitrogen and oxygen atoms in total.